The third-order valence-electron chi connectivity index (χ3n) is 3.29. The van der Waals surface area contributed by atoms with Gasteiger partial charge in [0.1, 0.15) is 11.3 Å². The summed E-state index contributed by atoms with van der Waals surface area (Å²) in [5, 5.41) is 0.692. The third-order valence-corrected chi connectivity index (χ3v) is 3.94. The van der Waals surface area contributed by atoms with Crippen molar-refractivity contribution in [1.82, 2.24) is 14.5 Å². The number of nitrogens with zero attached hydrogens (tertiary/aromatic N) is 3. The molecule has 0 aliphatic heterocycles. The Morgan fingerprint density at radius 2 is 2.00 bits per heavy atom. The van der Waals surface area contributed by atoms with Gasteiger partial charge >= 0.3 is 0 Å². The van der Waals surface area contributed by atoms with E-state index in [1.807, 2.05) is 35.8 Å². The van der Waals surface area contributed by atoms with Crippen molar-refractivity contribution in [2.45, 2.75) is 12.8 Å². The Bertz CT molecular complexity index is 814. The SMILES string of the molecule is COc1ccc2nc(CCl)n(-c3ccc(C)c(Cl)c3)c2n1. The Morgan fingerprint density at radius 1 is 1.19 bits per heavy atom. The molecule has 6 heteroatoms. The van der Waals surface area contributed by atoms with Crippen molar-refractivity contribution in [2.75, 3.05) is 7.11 Å². The van der Waals surface area contributed by atoms with Crippen molar-refractivity contribution in [3.63, 3.8) is 0 Å². The van der Waals surface area contributed by atoms with Gasteiger partial charge in [0, 0.05) is 11.1 Å². The van der Waals surface area contributed by atoms with Gasteiger partial charge in [-0.15, -0.1) is 11.6 Å². The van der Waals surface area contributed by atoms with Crippen LogP contribution in [0.5, 0.6) is 5.88 Å². The first kappa shape index (κ1) is 14.2. The number of pyridine rings is 1. The molecular formula is C15H13Cl2N3O. The highest BCUT2D eigenvalue weighted by Crippen LogP contribution is 2.26. The molecule has 0 aliphatic rings. The second kappa shape index (κ2) is 5.54. The van der Waals surface area contributed by atoms with E-state index in [-0.39, 0.29) is 5.88 Å². The average molecular weight is 322 g/mol. The van der Waals surface area contributed by atoms with Crippen LogP contribution in [0.25, 0.3) is 16.9 Å². The van der Waals surface area contributed by atoms with Crippen LogP contribution in [0.15, 0.2) is 30.3 Å². The first-order valence-electron chi connectivity index (χ1n) is 6.39. The molecule has 0 spiro atoms. The van der Waals surface area contributed by atoms with Crippen LogP contribution in [-0.4, -0.2) is 21.6 Å². The van der Waals surface area contributed by atoms with Gasteiger partial charge in [0.2, 0.25) is 5.88 Å². The van der Waals surface area contributed by atoms with E-state index < -0.39 is 0 Å². The monoisotopic (exact) mass is 321 g/mol. The Morgan fingerprint density at radius 3 is 2.67 bits per heavy atom. The molecule has 0 atom stereocenters. The maximum Gasteiger partial charge on any atom is 0.215 e. The number of ether oxygens (including phenoxy) is 1. The van der Waals surface area contributed by atoms with Crippen molar-refractivity contribution in [2.24, 2.45) is 0 Å². The molecule has 2 aromatic heterocycles. The molecule has 0 fully saturated rings. The summed E-state index contributed by atoms with van der Waals surface area (Å²) in [7, 11) is 1.58. The fourth-order valence-corrected chi connectivity index (χ4v) is 2.54. The van der Waals surface area contributed by atoms with E-state index in [0.29, 0.717) is 22.4 Å². The zero-order chi connectivity index (χ0) is 15.0. The molecule has 3 rings (SSSR count). The minimum Gasteiger partial charge on any atom is -0.481 e. The van der Waals surface area contributed by atoms with Gasteiger partial charge in [0.25, 0.3) is 0 Å². The number of aryl methyl sites for hydroxylation is 1. The summed E-state index contributed by atoms with van der Waals surface area (Å²) in [6, 6.07) is 9.46. The highest BCUT2D eigenvalue weighted by molar-refractivity contribution is 6.31. The van der Waals surface area contributed by atoms with E-state index >= 15 is 0 Å². The minimum absolute atomic E-state index is 0.282. The number of halogens is 2. The molecule has 0 aliphatic carbocycles. The molecule has 3 aromatic rings. The van der Waals surface area contributed by atoms with Crippen LogP contribution in [0.1, 0.15) is 11.4 Å². The van der Waals surface area contributed by atoms with Crippen LogP contribution in [0.3, 0.4) is 0 Å². The molecule has 0 saturated heterocycles. The van der Waals surface area contributed by atoms with Crippen LogP contribution in [-0.2, 0) is 5.88 Å². The number of hydrogen-bond donors (Lipinski definition) is 0. The van der Waals surface area contributed by atoms with Gasteiger partial charge in [-0.3, -0.25) is 4.57 Å². The molecular weight excluding hydrogens is 309 g/mol. The topological polar surface area (TPSA) is 39.9 Å². The lowest BCUT2D eigenvalue weighted by Gasteiger charge is -2.09. The number of benzene rings is 1. The number of alkyl halides is 1. The number of methoxy groups -OCH3 is 1. The lowest BCUT2D eigenvalue weighted by atomic mass is 10.2. The Hall–Kier alpha value is -1.78. The second-order valence-electron chi connectivity index (χ2n) is 4.63. The maximum absolute atomic E-state index is 6.22. The van der Waals surface area contributed by atoms with Crippen LogP contribution in [0.4, 0.5) is 0 Å². The molecule has 0 radical (unpaired) electrons. The minimum atomic E-state index is 0.282. The summed E-state index contributed by atoms with van der Waals surface area (Å²) >= 11 is 12.2. The van der Waals surface area contributed by atoms with Gasteiger partial charge in [0.05, 0.1) is 18.7 Å². The molecule has 0 amide bonds. The summed E-state index contributed by atoms with van der Waals surface area (Å²) < 4.78 is 7.09. The normalized spacial score (nSPS) is 11.0. The van der Waals surface area contributed by atoms with E-state index in [2.05, 4.69) is 9.97 Å². The Labute approximate surface area is 132 Å². The van der Waals surface area contributed by atoms with E-state index in [4.69, 9.17) is 27.9 Å². The largest absolute Gasteiger partial charge is 0.481 e. The molecule has 0 N–H and O–H groups in total. The molecule has 2 heterocycles. The summed E-state index contributed by atoms with van der Waals surface area (Å²) in [5.74, 6) is 1.53. The molecule has 1 aromatic carbocycles. The lowest BCUT2D eigenvalue weighted by molar-refractivity contribution is 0.399. The Kier molecular flexibility index (Phi) is 3.74. The lowest BCUT2D eigenvalue weighted by Crippen LogP contribution is -2.01. The van der Waals surface area contributed by atoms with Gasteiger partial charge in [-0.05, 0) is 30.7 Å². The van der Waals surface area contributed by atoms with Crippen LogP contribution >= 0.6 is 23.2 Å². The quantitative estimate of drug-likeness (QED) is 0.681. The Balaban J connectivity index is 2.30. The maximum atomic E-state index is 6.22. The zero-order valence-electron chi connectivity index (χ0n) is 11.6. The van der Waals surface area contributed by atoms with Gasteiger partial charge in [-0.25, -0.2) is 4.98 Å². The number of rotatable bonds is 3. The summed E-state index contributed by atoms with van der Waals surface area (Å²) in [4.78, 5) is 8.97. The standard InChI is InChI=1S/C15H13Cl2N3O/c1-9-3-4-10(7-11(9)17)20-13(8-16)18-12-5-6-14(21-2)19-15(12)20/h3-7H,8H2,1-2H3. The predicted octanol–water partition coefficient (Wildman–Crippen LogP) is 4.13. The van der Waals surface area contributed by atoms with Crippen LogP contribution in [0.2, 0.25) is 5.02 Å². The molecule has 0 saturated carbocycles. The fourth-order valence-electron chi connectivity index (χ4n) is 2.18. The number of hydrogen-bond acceptors (Lipinski definition) is 3. The van der Waals surface area contributed by atoms with Crippen molar-refractivity contribution in [3.05, 3.63) is 46.7 Å². The van der Waals surface area contributed by atoms with Gasteiger partial charge in [-0.1, -0.05) is 17.7 Å². The summed E-state index contributed by atoms with van der Waals surface area (Å²) in [5.41, 5.74) is 3.36. The van der Waals surface area contributed by atoms with E-state index in [9.17, 15) is 0 Å². The molecule has 21 heavy (non-hydrogen) atoms. The highest BCUT2D eigenvalue weighted by atomic mass is 35.5. The highest BCUT2D eigenvalue weighted by Gasteiger charge is 2.14. The van der Waals surface area contributed by atoms with Crippen molar-refractivity contribution in [1.29, 1.82) is 0 Å². The predicted molar refractivity (Wildman–Crippen MR) is 84.7 cm³/mol. The van der Waals surface area contributed by atoms with Crippen molar-refractivity contribution in [3.8, 4) is 11.6 Å². The second-order valence-corrected chi connectivity index (χ2v) is 5.30. The molecule has 4 nitrogen and oxygen atoms in total. The summed E-state index contributed by atoms with van der Waals surface area (Å²) in [6.07, 6.45) is 0. The molecule has 108 valence electrons. The van der Waals surface area contributed by atoms with Crippen LogP contribution in [0, 0.1) is 6.92 Å². The number of fused-ring (bicyclic) bond motifs is 1. The summed E-state index contributed by atoms with van der Waals surface area (Å²) in [6.45, 7) is 1.96. The van der Waals surface area contributed by atoms with Crippen LogP contribution < -0.4 is 4.74 Å². The van der Waals surface area contributed by atoms with E-state index in [1.54, 1.807) is 13.2 Å². The first-order chi connectivity index (χ1) is 10.1. The zero-order valence-corrected chi connectivity index (χ0v) is 13.1. The van der Waals surface area contributed by atoms with E-state index in [0.717, 1.165) is 16.8 Å². The van der Waals surface area contributed by atoms with Gasteiger partial charge in [0.15, 0.2) is 5.65 Å². The average Bonchev–Trinajstić information content (AvgIpc) is 2.87. The van der Waals surface area contributed by atoms with E-state index in [1.165, 1.54) is 0 Å². The fraction of sp³-hybridized carbons (Fsp3) is 0.200. The first-order valence-corrected chi connectivity index (χ1v) is 7.30. The number of imidazole rings is 1. The molecule has 0 unspecified atom stereocenters. The molecule has 0 bridgehead atoms. The number of aromatic nitrogens is 3. The smallest absolute Gasteiger partial charge is 0.215 e. The third kappa shape index (κ3) is 2.45. The van der Waals surface area contributed by atoms with Crippen molar-refractivity contribution >= 4 is 34.4 Å². The van der Waals surface area contributed by atoms with Gasteiger partial charge in [-0.2, -0.15) is 4.98 Å². The van der Waals surface area contributed by atoms with Crippen molar-refractivity contribution < 1.29 is 4.74 Å². The van der Waals surface area contributed by atoms with Gasteiger partial charge < -0.3 is 4.74 Å².